The Bertz CT molecular complexity index is 487. The van der Waals surface area contributed by atoms with Gasteiger partial charge in [-0.2, -0.15) is 0 Å². The molecule has 1 aliphatic carbocycles. The quantitative estimate of drug-likeness (QED) is 0.500. The van der Waals surface area contributed by atoms with Gasteiger partial charge < -0.3 is 25.0 Å². The van der Waals surface area contributed by atoms with E-state index in [1.54, 1.807) is 0 Å². The van der Waals surface area contributed by atoms with Gasteiger partial charge in [0.15, 0.2) is 5.96 Å². The second kappa shape index (κ2) is 9.53. The fourth-order valence-corrected chi connectivity index (χ4v) is 4.03. The number of aliphatic hydroxyl groups excluding tert-OH is 1. The van der Waals surface area contributed by atoms with E-state index in [1.807, 2.05) is 11.9 Å². The highest BCUT2D eigenvalue weighted by Gasteiger charge is 2.27. The van der Waals surface area contributed by atoms with Crippen molar-refractivity contribution >= 4 is 11.9 Å². The monoisotopic (exact) mass is 367 g/mol. The van der Waals surface area contributed by atoms with Gasteiger partial charge in [-0.3, -0.25) is 14.7 Å². The fourth-order valence-electron chi connectivity index (χ4n) is 4.03. The molecular weight excluding hydrogens is 334 g/mol. The first-order valence-corrected chi connectivity index (χ1v) is 9.89. The first-order valence-electron chi connectivity index (χ1n) is 9.89. The number of carbonyl (C=O) groups excluding carboxylic acids is 1. The van der Waals surface area contributed by atoms with Crippen molar-refractivity contribution in [2.24, 2.45) is 10.9 Å². The van der Waals surface area contributed by atoms with Crippen LogP contribution in [0.4, 0.5) is 0 Å². The number of guanidine groups is 1. The highest BCUT2D eigenvalue weighted by Crippen LogP contribution is 2.24. The second-order valence-electron chi connectivity index (χ2n) is 7.44. The number of ether oxygens (including phenoxy) is 1. The first-order chi connectivity index (χ1) is 12.7. The summed E-state index contributed by atoms with van der Waals surface area (Å²) in [4.78, 5) is 23.2. The molecule has 1 saturated carbocycles. The van der Waals surface area contributed by atoms with Crippen molar-refractivity contribution in [3.05, 3.63) is 0 Å². The smallest absolute Gasteiger partial charge is 0.236 e. The van der Waals surface area contributed by atoms with Gasteiger partial charge in [0.25, 0.3) is 0 Å². The van der Waals surface area contributed by atoms with Gasteiger partial charge in [0.05, 0.1) is 25.9 Å². The maximum Gasteiger partial charge on any atom is 0.236 e. The summed E-state index contributed by atoms with van der Waals surface area (Å²) in [5.41, 5.74) is 0. The summed E-state index contributed by atoms with van der Waals surface area (Å²) in [6, 6.07) is 0. The molecule has 3 fully saturated rings. The molecule has 0 bridgehead atoms. The Morgan fingerprint density at radius 2 is 1.85 bits per heavy atom. The largest absolute Gasteiger partial charge is 0.393 e. The summed E-state index contributed by atoms with van der Waals surface area (Å²) in [6.45, 7) is 7.45. The maximum absolute atomic E-state index is 12.4. The van der Waals surface area contributed by atoms with Crippen molar-refractivity contribution in [1.29, 1.82) is 0 Å². The Morgan fingerprint density at radius 3 is 2.46 bits per heavy atom. The van der Waals surface area contributed by atoms with E-state index in [9.17, 15) is 9.90 Å². The Morgan fingerprint density at radius 1 is 1.12 bits per heavy atom. The van der Waals surface area contributed by atoms with Crippen LogP contribution in [0.3, 0.4) is 0 Å². The third-order valence-corrected chi connectivity index (χ3v) is 5.75. The SMILES string of the molecule is CN=C(NCC1CCCC1O)N1CCN(CC(=O)N2CCOCC2)CC1. The molecule has 0 spiro atoms. The molecule has 1 amide bonds. The van der Waals surface area contributed by atoms with Gasteiger partial charge in [-0.25, -0.2) is 0 Å². The van der Waals surface area contributed by atoms with Crippen LogP contribution in [0.5, 0.6) is 0 Å². The highest BCUT2D eigenvalue weighted by molar-refractivity contribution is 5.80. The molecule has 3 aliphatic rings. The van der Waals surface area contributed by atoms with E-state index >= 15 is 0 Å². The van der Waals surface area contributed by atoms with Gasteiger partial charge in [0.1, 0.15) is 0 Å². The summed E-state index contributed by atoms with van der Waals surface area (Å²) >= 11 is 0. The van der Waals surface area contributed by atoms with Gasteiger partial charge in [-0.1, -0.05) is 6.42 Å². The highest BCUT2D eigenvalue weighted by atomic mass is 16.5. The zero-order valence-electron chi connectivity index (χ0n) is 15.9. The van der Waals surface area contributed by atoms with Crippen LogP contribution >= 0.6 is 0 Å². The molecule has 2 aliphatic heterocycles. The Labute approximate surface area is 156 Å². The molecule has 3 rings (SSSR count). The van der Waals surface area contributed by atoms with Crippen LogP contribution in [0.2, 0.25) is 0 Å². The van der Waals surface area contributed by atoms with Gasteiger partial charge in [-0.15, -0.1) is 0 Å². The van der Waals surface area contributed by atoms with E-state index < -0.39 is 0 Å². The van der Waals surface area contributed by atoms with Crippen LogP contribution < -0.4 is 5.32 Å². The number of carbonyl (C=O) groups is 1. The minimum absolute atomic E-state index is 0.177. The number of aliphatic imine (C=N–C) groups is 1. The predicted octanol–water partition coefficient (Wildman–Crippen LogP) is -0.801. The summed E-state index contributed by atoms with van der Waals surface area (Å²) in [6.07, 6.45) is 2.94. The zero-order chi connectivity index (χ0) is 18.4. The lowest BCUT2D eigenvalue weighted by atomic mass is 10.1. The number of nitrogens with one attached hydrogen (secondary N) is 1. The number of aliphatic hydroxyl groups is 1. The van der Waals surface area contributed by atoms with Crippen LogP contribution in [0, 0.1) is 5.92 Å². The Kier molecular flexibility index (Phi) is 7.10. The molecule has 2 atom stereocenters. The predicted molar refractivity (Wildman–Crippen MR) is 100 cm³/mol. The number of hydrogen-bond donors (Lipinski definition) is 2. The van der Waals surface area contributed by atoms with E-state index in [2.05, 4.69) is 20.1 Å². The van der Waals surface area contributed by atoms with Crippen LogP contribution in [0.1, 0.15) is 19.3 Å². The molecule has 0 aromatic rings. The lowest BCUT2D eigenvalue weighted by Gasteiger charge is -2.37. The summed E-state index contributed by atoms with van der Waals surface area (Å²) in [7, 11) is 1.81. The Balaban J connectivity index is 1.39. The van der Waals surface area contributed by atoms with Gasteiger partial charge in [0, 0.05) is 58.8 Å². The van der Waals surface area contributed by atoms with Crippen LogP contribution in [0.15, 0.2) is 4.99 Å². The van der Waals surface area contributed by atoms with E-state index in [0.717, 1.165) is 57.9 Å². The molecule has 0 aromatic heterocycles. The number of morpholine rings is 1. The topological polar surface area (TPSA) is 80.6 Å². The van der Waals surface area contributed by atoms with Crippen molar-refractivity contribution in [3.63, 3.8) is 0 Å². The maximum atomic E-state index is 12.4. The average Bonchev–Trinajstić information content (AvgIpc) is 3.09. The van der Waals surface area contributed by atoms with Gasteiger partial charge >= 0.3 is 0 Å². The molecule has 2 saturated heterocycles. The number of hydrogen-bond acceptors (Lipinski definition) is 5. The fraction of sp³-hybridized carbons (Fsp3) is 0.889. The lowest BCUT2D eigenvalue weighted by Crippen LogP contribution is -2.55. The Hall–Kier alpha value is -1.38. The van der Waals surface area contributed by atoms with Crippen LogP contribution in [-0.2, 0) is 9.53 Å². The summed E-state index contributed by atoms with van der Waals surface area (Å²) < 4.78 is 5.31. The van der Waals surface area contributed by atoms with E-state index in [4.69, 9.17) is 4.74 Å². The molecule has 8 heteroatoms. The number of piperazine rings is 1. The van der Waals surface area contributed by atoms with E-state index in [-0.39, 0.29) is 12.0 Å². The molecule has 26 heavy (non-hydrogen) atoms. The molecular formula is C18H33N5O3. The van der Waals surface area contributed by atoms with E-state index in [0.29, 0.717) is 38.8 Å². The zero-order valence-corrected chi connectivity index (χ0v) is 15.9. The third kappa shape index (κ3) is 5.08. The lowest BCUT2D eigenvalue weighted by molar-refractivity contribution is -0.136. The molecule has 0 aromatic carbocycles. The third-order valence-electron chi connectivity index (χ3n) is 5.75. The normalized spacial score (nSPS) is 28.5. The number of rotatable bonds is 4. The van der Waals surface area contributed by atoms with Crippen molar-refractivity contribution in [2.45, 2.75) is 25.4 Å². The van der Waals surface area contributed by atoms with Gasteiger partial charge in [0.2, 0.25) is 5.91 Å². The van der Waals surface area contributed by atoms with Crippen LogP contribution in [0.25, 0.3) is 0 Å². The van der Waals surface area contributed by atoms with Gasteiger partial charge in [-0.05, 0) is 12.8 Å². The van der Waals surface area contributed by atoms with Crippen molar-refractivity contribution in [1.82, 2.24) is 20.0 Å². The molecule has 148 valence electrons. The van der Waals surface area contributed by atoms with Crippen molar-refractivity contribution < 1.29 is 14.6 Å². The molecule has 2 N–H and O–H groups in total. The molecule has 0 radical (unpaired) electrons. The standard InChI is InChI=1S/C18H33N5O3/c1-19-18(20-13-15-3-2-4-16(15)24)23-7-5-21(6-8-23)14-17(25)22-9-11-26-12-10-22/h15-16,24H,2-14H2,1H3,(H,19,20). The first kappa shape index (κ1) is 19.4. The van der Waals surface area contributed by atoms with E-state index in [1.165, 1.54) is 0 Å². The van der Waals surface area contributed by atoms with Crippen molar-refractivity contribution in [2.75, 3.05) is 72.6 Å². The summed E-state index contributed by atoms with van der Waals surface area (Å²) in [5, 5.41) is 13.4. The molecule has 2 unspecified atom stereocenters. The van der Waals surface area contributed by atoms with Crippen LogP contribution in [-0.4, -0.2) is 110 Å². The second-order valence-corrected chi connectivity index (χ2v) is 7.44. The van der Waals surface area contributed by atoms with Crippen molar-refractivity contribution in [3.8, 4) is 0 Å². The molecule has 8 nitrogen and oxygen atoms in total. The number of amides is 1. The summed E-state index contributed by atoms with van der Waals surface area (Å²) in [5.74, 6) is 1.45. The number of nitrogens with zero attached hydrogens (tertiary/aromatic N) is 4. The minimum atomic E-state index is -0.177. The average molecular weight is 367 g/mol. The minimum Gasteiger partial charge on any atom is -0.393 e. The molecule has 2 heterocycles.